The highest BCUT2D eigenvalue weighted by Gasteiger charge is 2.30. The normalized spacial score (nSPS) is 15.6. The fourth-order valence-electron chi connectivity index (χ4n) is 1.50. The summed E-state index contributed by atoms with van der Waals surface area (Å²) in [6.45, 7) is 4.70. The van der Waals surface area contributed by atoms with Crippen molar-refractivity contribution in [1.29, 1.82) is 0 Å². The number of nitrogens with one attached hydrogen (secondary N) is 1. The number of carbonyl (C=O) groups is 1. The molecule has 1 N–H and O–H groups in total. The molecule has 0 unspecified atom stereocenters. The topological polar surface area (TPSA) is 41.6 Å². The first-order valence-corrected chi connectivity index (χ1v) is 5.28. The highest BCUT2D eigenvalue weighted by molar-refractivity contribution is 5.78. The minimum Gasteiger partial charge on any atom is -0.383 e. The molecule has 0 aromatic rings. The molecule has 1 fully saturated rings. The van der Waals surface area contributed by atoms with Crippen LogP contribution in [-0.2, 0) is 9.53 Å². The Morgan fingerprint density at radius 3 is 2.79 bits per heavy atom. The Morgan fingerprint density at radius 1 is 1.57 bits per heavy atom. The zero-order valence-electron chi connectivity index (χ0n) is 9.08. The van der Waals surface area contributed by atoms with Crippen LogP contribution in [-0.4, -0.2) is 50.2 Å². The molecule has 0 aromatic heterocycles. The average Bonchev–Trinajstić information content (AvgIpc) is 2.98. The Morgan fingerprint density at radius 2 is 2.29 bits per heavy atom. The lowest BCUT2D eigenvalue weighted by Crippen LogP contribution is -2.40. The first-order valence-electron chi connectivity index (χ1n) is 5.28. The largest absolute Gasteiger partial charge is 0.383 e. The molecule has 14 heavy (non-hydrogen) atoms. The summed E-state index contributed by atoms with van der Waals surface area (Å²) >= 11 is 0. The van der Waals surface area contributed by atoms with Crippen molar-refractivity contribution >= 4 is 5.91 Å². The molecule has 1 rings (SSSR count). The molecule has 0 saturated heterocycles. The fraction of sp³-hybridized carbons (Fsp3) is 0.900. The van der Waals surface area contributed by atoms with Crippen LogP contribution in [0.4, 0.5) is 0 Å². The zero-order chi connectivity index (χ0) is 10.4. The third-order valence-corrected chi connectivity index (χ3v) is 2.41. The number of methoxy groups -OCH3 is 1. The molecular formula is C10H20N2O2. The summed E-state index contributed by atoms with van der Waals surface area (Å²) < 4.78 is 4.88. The SMILES string of the molecule is CCN(C(=O)CNCCOC)C1CC1. The van der Waals surface area contributed by atoms with Gasteiger partial charge in [0.25, 0.3) is 0 Å². The summed E-state index contributed by atoms with van der Waals surface area (Å²) in [6.07, 6.45) is 2.36. The number of carbonyl (C=O) groups excluding carboxylic acids is 1. The van der Waals surface area contributed by atoms with Crippen molar-refractivity contribution in [2.24, 2.45) is 0 Å². The summed E-state index contributed by atoms with van der Waals surface area (Å²) in [6, 6.07) is 0.525. The summed E-state index contributed by atoms with van der Waals surface area (Å²) in [7, 11) is 1.66. The highest BCUT2D eigenvalue weighted by atomic mass is 16.5. The number of ether oxygens (including phenoxy) is 1. The van der Waals surface area contributed by atoms with Crippen molar-refractivity contribution in [3.05, 3.63) is 0 Å². The smallest absolute Gasteiger partial charge is 0.236 e. The van der Waals surface area contributed by atoms with Crippen molar-refractivity contribution in [3.63, 3.8) is 0 Å². The van der Waals surface area contributed by atoms with Gasteiger partial charge in [-0.25, -0.2) is 0 Å². The molecule has 1 aliphatic carbocycles. The van der Waals surface area contributed by atoms with E-state index in [4.69, 9.17) is 4.74 Å². The van der Waals surface area contributed by atoms with Gasteiger partial charge in [-0.2, -0.15) is 0 Å². The second kappa shape index (κ2) is 5.98. The second-order valence-electron chi connectivity index (χ2n) is 3.58. The van der Waals surface area contributed by atoms with Crippen LogP contribution in [0, 0.1) is 0 Å². The molecule has 0 heterocycles. The van der Waals surface area contributed by atoms with Gasteiger partial charge in [0.05, 0.1) is 13.2 Å². The van der Waals surface area contributed by atoms with Crippen LogP contribution < -0.4 is 5.32 Å². The fourth-order valence-corrected chi connectivity index (χ4v) is 1.50. The molecule has 0 aromatic carbocycles. The van der Waals surface area contributed by atoms with Crippen LogP contribution in [0.2, 0.25) is 0 Å². The Balaban J connectivity index is 2.12. The summed E-state index contributed by atoms with van der Waals surface area (Å²) in [5, 5.41) is 3.07. The molecule has 0 radical (unpaired) electrons. The van der Waals surface area contributed by atoms with Crippen LogP contribution >= 0.6 is 0 Å². The molecule has 1 saturated carbocycles. The van der Waals surface area contributed by atoms with Gasteiger partial charge in [-0.3, -0.25) is 4.79 Å². The first kappa shape index (κ1) is 11.5. The molecule has 0 bridgehead atoms. The van der Waals surface area contributed by atoms with Gasteiger partial charge in [0.1, 0.15) is 0 Å². The Hall–Kier alpha value is -0.610. The van der Waals surface area contributed by atoms with Gasteiger partial charge >= 0.3 is 0 Å². The molecule has 4 nitrogen and oxygen atoms in total. The lowest BCUT2D eigenvalue weighted by Gasteiger charge is -2.20. The average molecular weight is 200 g/mol. The van der Waals surface area contributed by atoms with E-state index >= 15 is 0 Å². The van der Waals surface area contributed by atoms with E-state index in [0.29, 0.717) is 19.2 Å². The van der Waals surface area contributed by atoms with Gasteiger partial charge in [0.2, 0.25) is 5.91 Å². The lowest BCUT2D eigenvalue weighted by molar-refractivity contribution is -0.130. The van der Waals surface area contributed by atoms with Crippen molar-refractivity contribution in [3.8, 4) is 0 Å². The minimum atomic E-state index is 0.214. The molecule has 1 amide bonds. The lowest BCUT2D eigenvalue weighted by atomic mass is 10.4. The van der Waals surface area contributed by atoms with Crippen LogP contribution in [0.5, 0.6) is 0 Å². The van der Waals surface area contributed by atoms with E-state index < -0.39 is 0 Å². The molecule has 1 aliphatic rings. The van der Waals surface area contributed by atoms with Gasteiger partial charge < -0.3 is 15.0 Å². The predicted molar refractivity (Wildman–Crippen MR) is 55.2 cm³/mol. The number of hydrogen-bond acceptors (Lipinski definition) is 3. The maximum absolute atomic E-state index is 11.6. The number of rotatable bonds is 7. The van der Waals surface area contributed by atoms with E-state index in [1.54, 1.807) is 7.11 Å². The van der Waals surface area contributed by atoms with Crippen molar-refractivity contribution < 1.29 is 9.53 Å². The number of hydrogen-bond donors (Lipinski definition) is 1. The number of nitrogens with zero attached hydrogens (tertiary/aromatic N) is 1. The van der Waals surface area contributed by atoms with Gasteiger partial charge in [-0.1, -0.05) is 0 Å². The number of amides is 1. The molecule has 0 spiro atoms. The maximum Gasteiger partial charge on any atom is 0.236 e. The standard InChI is InChI=1S/C10H20N2O2/c1-3-12(9-4-5-9)10(13)8-11-6-7-14-2/h9,11H,3-8H2,1-2H3. The van der Waals surface area contributed by atoms with E-state index in [1.165, 1.54) is 12.8 Å². The van der Waals surface area contributed by atoms with Gasteiger partial charge in [0.15, 0.2) is 0 Å². The summed E-state index contributed by atoms with van der Waals surface area (Å²) in [5.41, 5.74) is 0. The molecule has 0 aliphatic heterocycles. The molecule has 0 atom stereocenters. The summed E-state index contributed by atoms with van der Waals surface area (Å²) in [4.78, 5) is 13.6. The second-order valence-corrected chi connectivity index (χ2v) is 3.58. The quantitative estimate of drug-likeness (QED) is 0.598. The molecule has 82 valence electrons. The third-order valence-electron chi connectivity index (χ3n) is 2.41. The Bertz CT molecular complexity index is 181. The van der Waals surface area contributed by atoms with Crippen molar-refractivity contribution in [2.75, 3.05) is 33.4 Å². The monoisotopic (exact) mass is 200 g/mol. The van der Waals surface area contributed by atoms with Crippen molar-refractivity contribution in [2.45, 2.75) is 25.8 Å². The Kier molecular flexibility index (Phi) is 4.90. The minimum absolute atomic E-state index is 0.214. The highest BCUT2D eigenvalue weighted by Crippen LogP contribution is 2.26. The third kappa shape index (κ3) is 3.64. The number of likely N-dealkylation sites (N-methyl/N-ethyl adjacent to an activating group) is 1. The van der Waals surface area contributed by atoms with E-state index in [2.05, 4.69) is 5.32 Å². The van der Waals surface area contributed by atoms with E-state index in [1.807, 2.05) is 11.8 Å². The van der Waals surface area contributed by atoms with E-state index in [0.717, 1.165) is 13.1 Å². The van der Waals surface area contributed by atoms with Gasteiger partial charge in [-0.05, 0) is 19.8 Å². The van der Waals surface area contributed by atoms with Crippen LogP contribution in [0.3, 0.4) is 0 Å². The van der Waals surface area contributed by atoms with Crippen LogP contribution in [0.1, 0.15) is 19.8 Å². The van der Waals surface area contributed by atoms with Gasteiger partial charge in [0, 0.05) is 26.2 Å². The van der Waals surface area contributed by atoms with Crippen LogP contribution in [0.15, 0.2) is 0 Å². The first-order chi connectivity index (χ1) is 6.79. The van der Waals surface area contributed by atoms with Crippen molar-refractivity contribution in [1.82, 2.24) is 10.2 Å². The maximum atomic E-state index is 11.6. The Labute approximate surface area is 85.6 Å². The summed E-state index contributed by atoms with van der Waals surface area (Å²) in [5.74, 6) is 0.214. The van der Waals surface area contributed by atoms with Crippen LogP contribution in [0.25, 0.3) is 0 Å². The molecule has 4 heteroatoms. The van der Waals surface area contributed by atoms with Gasteiger partial charge in [-0.15, -0.1) is 0 Å². The van der Waals surface area contributed by atoms with E-state index in [9.17, 15) is 4.79 Å². The molecular weight excluding hydrogens is 180 g/mol. The zero-order valence-corrected chi connectivity index (χ0v) is 9.08. The predicted octanol–water partition coefficient (Wildman–Crippen LogP) is 0.233. The van der Waals surface area contributed by atoms with E-state index in [-0.39, 0.29) is 5.91 Å².